The molecule has 1 aliphatic carbocycles. The molecule has 3 rings (SSSR count). The Labute approximate surface area is 128 Å². The SMILES string of the molecule is O=C(NCC1(c2ccc(F)cc2F)CC1)N1CCC[C@H]1CO. The zero-order valence-corrected chi connectivity index (χ0v) is 12.3. The Kier molecular flexibility index (Phi) is 4.04. The molecule has 6 heteroatoms. The van der Waals surface area contributed by atoms with Crippen LogP contribution in [0, 0.1) is 11.6 Å². The number of carbonyl (C=O) groups excluding carboxylic acids is 1. The van der Waals surface area contributed by atoms with Crippen molar-refractivity contribution in [1.82, 2.24) is 10.2 Å². The minimum absolute atomic E-state index is 0.0366. The van der Waals surface area contributed by atoms with Gasteiger partial charge in [-0.1, -0.05) is 6.07 Å². The first-order chi connectivity index (χ1) is 10.6. The third-order valence-corrected chi connectivity index (χ3v) is 4.78. The molecular formula is C16H20F2N2O2. The van der Waals surface area contributed by atoms with Crippen molar-refractivity contribution in [2.24, 2.45) is 0 Å². The summed E-state index contributed by atoms with van der Waals surface area (Å²) in [5.41, 5.74) is 0.0522. The monoisotopic (exact) mass is 310 g/mol. The second-order valence-corrected chi connectivity index (χ2v) is 6.24. The molecule has 2 amide bonds. The van der Waals surface area contributed by atoms with Crippen molar-refractivity contribution in [2.75, 3.05) is 19.7 Å². The third kappa shape index (κ3) is 2.79. The number of aliphatic hydroxyl groups is 1. The van der Waals surface area contributed by atoms with Crippen LogP contribution in [-0.4, -0.2) is 41.8 Å². The number of amides is 2. The van der Waals surface area contributed by atoms with E-state index in [1.807, 2.05) is 0 Å². The fourth-order valence-corrected chi connectivity index (χ4v) is 3.25. The highest BCUT2D eigenvalue weighted by Gasteiger charge is 2.46. The van der Waals surface area contributed by atoms with Crippen molar-refractivity contribution in [1.29, 1.82) is 0 Å². The zero-order chi connectivity index (χ0) is 15.7. The van der Waals surface area contributed by atoms with E-state index >= 15 is 0 Å². The molecule has 0 spiro atoms. The molecule has 2 N–H and O–H groups in total. The van der Waals surface area contributed by atoms with E-state index < -0.39 is 17.0 Å². The molecule has 0 unspecified atom stereocenters. The number of nitrogens with zero attached hydrogens (tertiary/aromatic N) is 1. The quantitative estimate of drug-likeness (QED) is 0.895. The lowest BCUT2D eigenvalue weighted by Gasteiger charge is -2.25. The third-order valence-electron chi connectivity index (χ3n) is 4.78. The number of nitrogens with one attached hydrogen (secondary N) is 1. The number of hydrogen-bond donors (Lipinski definition) is 2. The molecule has 2 aliphatic rings. The zero-order valence-electron chi connectivity index (χ0n) is 12.3. The maximum absolute atomic E-state index is 13.9. The lowest BCUT2D eigenvalue weighted by atomic mass is 9.95. The number of benzene rings is 1. The Morgan fingerprint density at radius 3 is 2.82 bits per heavy atom. The molecule has 120 valence electrons. The molecule has 0 radical (unpaired) electrons. The van der Waals surface area contributed by atoms with Crippen LogP contribution < -0.4 is 5.32 Å². The predicted octanol–water partition coefficient (Wildman–Crippen LogP) is 2.16. The molecular weight excluding hydrogens is 290 g/mol. The molecule has 1 aliphatic heterocycles. The van der Waals surface area contributed by atoms with Crippen LogP contribution in [0.1, 0.15) is 31.2 Å². The van der Waals surface area contributed by atoms with E-state index in [-0.39, 0.29) is 18.7 Å². The van der Waals surface area contributed by atoms with Crippen LogP contribution in [0.2, 0.25) is 0 Å². The van der Waals surface area contributed by atoms with E-state index in [4.69, 9.17) is 0 Å². The first kappa shape index (κ1) is 15.2. The molecule has 0 aromatic heterocycles. The van der Waals surface area contributed by atoms with Gasteiger partial charge in [-0.3, -0.25) is 0 Å². The minimum Gasteiger partial charge on any atom is -0.394 e. The van der Waals surface area contributed by atoms with Crippen molar-refractivity contribution in [3.63, 3.8) is 0 Å². The van der Waals surface area contributed by atoms with E-state index in [9.17, 15) is 18.7 Å². The van der Waals surface area contributed by atoms with Gasteiger partial charge in [0.05, 0.1) is 12.6 Å². The van der Waals surface area contributed by atoms with Gasteiger partial charge in [0.25, 0.3) is 0 Å². The Balaban J connectivity index is 1.64. The van der Waals surface area contributed by atoms with Gasteiger partial charge in [0.1, 0.15) is 11.6 Å². The largest absolute Gasteiger partial charge is 0.394 e. The van der Waals surface area contributed by atoms with Gasteiger partial charge in [-0.2, -0.15) is 0 Å². The van der Waals surface area contributed by atoms with Crippen molar-refractivity contribution in [3.8, 4) is 0 Å². The second-order valence-electron chi connectivity index (χ2n) is 6.24. The van der Waals surface area contributed by atoms with Gasteiger partial charge in [-0.15, -0.1) is 0 Å². The van der Waals surface area contributed by atoms with E-state index in [1.165, 1.54) is 12.1 Å². The molecule has 0 bridgehead atoms. The van der Waals surface area contributed by atoms with Crippen LogP contribution in [-0.2, 0) is 5.41 Å². The van der Waals surface area contributed by atoms with Gasteiger partial charge in [-0.05, 0) is 37.3 Å². The summed E-state index contributed by atoms with van der Waals surface area (Å²) in [4.78, 5) is 13.8. The predicted molar refractivity (Wildman–Crippen MR) is 77.5 cm³/mol. The molecule has 4 nitrogen and oxygen atoms in total. The van der Waals surface area contributed by atoms with Crippen LogP contribution >= 0.6 is 0 Å². The number of hydrogen-bond acceptors (Lipinski definition) is 2. The molecule has 1 saturated heterocycles. The van der Waals surface area contributed by atoms with Crippen LogP contribution in [0.5, 0.6) is 0 Å². The Hall–Kier alpha value is -1.69. The smallest absolute Gasteiger partial charge is 0.317 e. The average Bonchev–Trinajstić information content (AvgIpc) is 3.11. The standard InChI is InChI=1S/C16H20F2N2O2/c17-11-3-4-13(14(18)8-11)16(5-6-16)10-19-15(22)20-7-1-2-12(20)9-21/h3-4,8,12,21H,1-2,5-7,9-10H2,(H,19,22)/t12-/m0/s1. The average molecular weight is 310 g/mol. The number of urea groups is 1. The molecule has 1 saturated carbocycles. The Morgan fingerprint density at radius 1 is 1.41 bits per heavy atom. The summed E-state index contributed by atoms with van der Waals surface area (Å²) in [6, 6.07) is 3.26. The maximum Gasteiger partial charge on any atom is 0.317 e. The summed E-state index contributed by atoms with van der Waals surface area (Å²) in [5, 5.41) is 12.1. The number of carbonyl (C=O) groups is 1. The summed E-state index contributed by atoms with van der Waals surface area (Å²) in [6.07, 6.45) is 3.25. The molecule has 22 heavy (non-hydrogen) atoms. The minimum atomic E-state index is -0.594. The Morgan fingerprint density at radius 2 is 2.18 bits per heavy atom. The van der Waals surface area contributed by atoms with Crippen LogP contribution in [0.15, 0.2) is 18.2 Å². The van der Waals surface area contributed by atoms with Crippen molar-refractivity contribution < 1.29 is 18.7 Å². The normalized spacial score (nSPS) is 22.7. The van der Waals surface area contributed by atoms with Gasteiger partial charge in [-0.25, -0.2) is 13.6 Å². The number of rotatable bonds is 4. The molecule has 2 fully saturated rings. The highest BCUT2D eigenvalue weighted by atomic mass is 19.1. The molecule has 1 atom stereocenters. The van der Waals surface area contributed by atoms with Gasteiger partial charge in [0, 0.05) is 24.6 Å². The summed E-state index contributed by atoms with van der Waals surface area (Å²) >= 11 is 0. The molecule has 1 aromatic rings. The summed E-state index contributed by atoms with van der Waals surface area (Å²) < 4.78 is 26.9. The number of likely N-dealkylation sites (tertiary alicyclic amines) is 1. The van der Waals surface area contributed by atoms with E-state index in [1.54, 1.807) is 4.90 Å². The van der Waals surface area contributed by atoms with Crippen molar-refractivity contribution >= 4 is 6.03 Å². The maximum atomic E-state index is 13.9. The van der Waals surface area contributed by atoms with Gasteiger partial charge >= 0.3 is 6.03 Å². The fraction of sp³-hybridized carbons (Fsp3) is 0.562. The fourth-order valence-electron chi connectivity index (χ4n) is 3.25. The van der Waals surface area contributed by atoms with Crippen LogP contribution in [0.4, 0.5) is 13.6 Å². The first-order valence-electron chi connectivity index (χ1n) is 7.67. The summed E-state index contributed by atoms with van der Waals surface area (Å²) in [6.45, 7) is 0.934. The van der Waals surface area contributed by atoms with Gasteiger partial charge in [0.2, 0.25) is 0 Å². The second kappa shape index (κ2) is 5.83. The summed E-state index contributed by atoms with van der Waals surface area (Å²) in [5.74, 6) is -1.15. The van der Waals surface area contributed by atoms with Crippen LogP contribution in [0.25, 0.3) is 0 Å². The Bertz CT molecular complexity index is 575. The van der Waals surface area contributed by atoms with Gasteiger partial charge < -0.3 is 15.3 Å². The number of halogens is 2. The van der Waals surface area contributed by atoms with E-state index in [2.05, 4.69) is 5.32 Å². The number of aliphatic hydroxyl groups excluding tert-OH is 1. The van der Waals surface area contributed by atoms with Crippen LogP contribution in [0.3, 0.4) is 0 Å². The lowest BCUT2D eigenvalue weighted by Crippen LogP contribution is -2.46. The van der Waals surface area contributed by atoms with Crippen molar-refractivity contribution in [2.45, 2.75) is 37.1 Å². The van der Waals surface area contributed by atoms with Crippen molar-refractivity contribution in [3.05, 3.63) is 35.4 Å². The van der Waals surface area contributed by atoms with Gasteiger partial charge in [0.15, 0.2) is 0 Å². The summed E-state index contributed by atoms with van der Waals surface area (Å²) in [7, 11) is 0. The van der Waals surface area contributed by atoms with E-state index in [0.29, 0.717) is 18.7 Å². The topological polar surface area (TPSA) is 52.6 Å². The highest BCUT2D eigenvalue weighted by Crippen LogP contribution is 2.48. The molecule has 1 heterocycles. The first-order valence-corrected chi connectivity index (χ1v) is 7.67. The highest BCUT2D eigenvalue weighted by molar-refractivity contribution is 5.75. The molecule has 1 aromatic carbocycles. The van der Waals surface area contributed by atoms with E-state index in [0.717, 1.165) is 31.7 Å². The lowest BCUT2D eigenvalue weighted by molar-refractivity contribution is 0.156.